The molecule has 1 heterocycles. The van der Waals surface area contributed by atoms with Crippen LogP contribution >= 0.6 is 0 Å². The maximum absolute atomic E-state index is 13.4. The summed E-state index contributed by atoms with van der Waals surface area (Å²) in [6.45, 7) is 1.86. The number of hydrogen-bond donors (Lipinski definition) is 1. The maximum Gasteiger partial charge on any atom is 0.336 e. The summed E-state index contributed by atoms with van der Waals surface area (Å²) in [5.41, 5.74) is 4.79. The van der Waals surface area contributed by atoms with Gasteiger partial charge in [0, 0.05) is 29.3 Å². The van der Waals surface area contributed by atoms with Crippen LogP contribution in [0.3, 0.4) is 0 Å². The second-order valence-electron chi connectivity index (χ2n) is 7.69. The van der Waals surface area contributed by atoms with E-state index in [-0.39, 0.29) is 11.7 Å². The lowest BCUT2D eigenvalue weighted by atomic mass is 9.72. The number of hydrogen-bond acceptors (Lipinski definition) is 5. The zero-order chi connectivity index (χ0) is 21.3. The minimum atomic E-state index is -0.455. The van der Waals surface area contributed by atoms with Gasteiger partial charge < -0.3 is 14.8 Å². The Kier molecular flexibility index (Phi) is 5.44. The van der Waals surface area contributed by atoms with Crippen molar-refractivity contribution in [3.05, 3.63) is 88.3 Å². The summed E-state index contributed by atoms with van der Waals surface area (Å²) in [5.74, 6) is 0.0248. The van der Waals surface area contributed by atoms with Crippen LogP contribution in [0.4, 0.5) is 0 Å². The Morgan fingerprint density at radius 2 is 1.67 bits per heavy atom. The van der Waals surface area contributed by atoms with Crippen molar-refractivity contribution < 1.29 is 19.1 Å². The Bertz CT molecular complexity index is 1030. The summed E-state index contributed by atoms with van der Waals surface area (Å²) in [6, 6.07) is 17.6. The SMILES string of the molecule is COC(=O)C1=C(C)NC2=C(C(=O)CC(c3ccccc3)C2)C1c1ccc(OC)cc1. The first-order valence-electron chi connectivity index (χ1n) is 10.0. The highest BCUT2D eigenvalue weighted by atomic mass is 16.5. The fraction of sp³-hybridized carbons (Fsp3) is 0.280. The topological polar surface area (TPSA) is 64.6 Å². The molecular weight excluding hydrogens is 378 g/mol. The lowest BCUT2D eigenvalue weighted by Gasteiger charge is -2.36. The summed E-state index contributed by atoms with van der Waals surface area (Å²) in [7, 11) is 2.98. The quantitative estimate of drug-likeness (QED) is 0.774. The van der Waals surface area contributed by atoms with Gasteiger partial charge in [-0.25, -0.2) is 4.79 Å². The van der Waals surface area contributed by atoms with Crippen LogP contribution in [-0.4, -0.2) is 26.0 Å². The van der Waals surface area contributed by atoms with Crippen molar-refractivity contribution in [3.63, 3.8) is 0 Å². The first kappa shape index (κ1) is 20.0. The summed E-state index contributed by atoms with van der Waals surface area (Å²) < 4.78 is 10.3. The van der Waals surface area contributed by atoms with Gasteiger partial charge in [0.25, 0.3) is 0 Å². The third kappa shape index (κ3) is 3.52. The van der Waals surface area contributed by atoms with Crippen LogP contribution in [0.15, 0.2) is 77.1 Å². The number of ketones is 1. The Morgan fingerprint density at radius 3 is 2.30 bits per heavy atom. The van der Waals surface area contributed by atoms with Gasteiger partial charge in [0.2, 0.25) is 0 Å². The van der Waals surface area contributed by atoms with Gasteiger partial charge in [0.15, 0.2) is 5.78 Å². The number of rotatable bonds is 4. The number of benzene rings is 2. The molecule has 2 aromatic rings. The van der Waals surface area contributed by atoms with E-state index < -0.39 is 11.9 Å². The zero-order valence-corrected chi connectivity index (χ0v) is 17.4. The van der Waals surface area contributed by atoms with Gasteiger partial charge in [0.1, 0.15) is 5.75 Å². The first-order valence-corrected chi connectivity index (χ1v) is 10.0. The van der Waals surface area contributed by atoms with E-state index in [9.17, 15) is 9.59 Å². The van der Waals surface area contributed by atoms with E-state index in [4.69, 9.17) is 9.47 Å². The molecule has 0 fully saturated rings. The Labute approximate surface area is 176 Å². The van der Waals surface area contributed by atoms with Crippen molar-refractivity contribution >= 4 is 11.8 Å². The standard InChI is InChI=1S/C25H25NO4/c1-15-22(25(28)30-3)23(17-9-11-19(29-2)12-10-17)24-20(26-15)13-18(14-21(24)27)16-7-5-4-6-8-16/h4-12,18,23,26H,13-14H2,1-3H3. The number of Topliss-reactive ketones (excluding diaryl/α,β-unsaturated/α-hetero) is 1. The molecule has 1 N–H and O–H groups in total. The van der Waals surface area contributed by atoms with Crippen molar-refractivity contribution in [1.82, 2.24) is 5.32 Å². The second-order valence-corrected chi connectivity index (χ2v) is 7.69. The van der Waals surface area contributed by atoms with Gasteiger partial charge >= 0.3 is 5.97 Å². The Balaban J connectivity index is 1.80. The van der Waals surface area contributed by atoms with Crippen LogP contribution in [0.5, 0.6) is 5.75 Å². The predicted octanol–water partition coefficient (Wildman–Crippen LogP) is 4.23. The molecule has 0 radical (unpaired) electrons. The number of esters is 1. The molecule has 4 rings (SSSR count). The monoisotopic (exact) mass is 403 g/mol. The lowest BCUT2D eigenvalue weighted by molar-refractivity contribution is -0.136. The minimum Gasteiger partial charge on any atom is -0.497 e. The number of carbonyl (C=O) groups is 2. The van der Waals surface area contributed by atoms with Gasteiger partial charge in [0.05, 0.1) is 19.8 Å². The minimum absolute atomic E-state index is 0.0623. The molecule has 0 saturated heterocycles. The molecule has 154 valence electrons. The van der Waals surface area contributed by atoms with Crippen molar-refractivity contribution in [2.24, 2.45) is 0 Å². The van der Waals surface area contributed by atoms with Crippen molar-refractivity contribution in [2.45, 2.75) is 31.6 Å². The van der Waals surface area contributed by atoms with Crippen molar-refractivity contribution in [3.8, 4) is 5.75 Å². The first-order chi connectivity index (χ1) is 14.5. The van der Waals surface area contributed by atoms with Crippen molar-refractivity contribution in [2.75, 3.05) is 14.2 Å². The van der Waals surface area contributed by atoms with E-state index in [0.29, 0.717) is 17.6 Å². The molecule has 5 nitrogen and oxygen atoms in total. The van der Waals surface area contributed by atoms with Crippen LogP contribution in [-0.2, 0) is 14.3 Å². The molecule has 0 bridgehead atoms. The number of allylic oxidation sites excluding steroid dienone is 3. The number of ether oxygens (including phenoxy) is 2. The highest BCUT2D eigenvalue weighted by Crippen LogP contribution is 2.45. The molecule has 30 heavy (non-hydrogen) atoms. The third-order valence-electron chi connectivity index (χ3n) is 5.95. The summed E-state index contributed by atoms with van der Waals surface area (Å²) >= 11 is 0. The fourth-order valence-electron chi connectivity index (χ4n) is 4.51. The maximum atomic E-state index is 13.4. The smallest absolute Gasteiger partial charge is 0.336 e. The molecule has 0 amide bonds. The van der Waals surface area contributed by atoms with Gasteiger partial charge in [-0.05, 0) is 42.5 Å². The number of dihydropyridines is 1. The summed E-state index contributed by atoms with van der Waals surface area (Å²) in [6.07, 6.45) is 1.15. The highest BCUT2D eigenvalue weighted by molar-refractivity contribution is 6.04. The average Bonchev–Trinajstić information content (AvgIpc) is 2.78. The van der Waals surface area contributed by atoms with E-state index in [1.807, 2.05) is 49.4 Å². The molecule has 2 aliphatic rings. The summed E-state index contributed by atoms with van der Waals surface area (Å²) in [4.78, 5) is 26.1. The molecule has 1 aliphatic carbocycles. The van der Waals surface area contributed by atoms with E-state index in [0.717, 1.165) is 34.7 Å². The number of carbonyl (C=O) groups excluding carboxylic acids is 2. The molecule has 2 unspecified atom stereocenters. The van der Waals surface area contributed by atoms with Gasteiger partial charge in [-0.3, -0.25) is 4.79 Å². The van der Waals surface area contributed by atoms with E-state index >= 15 is 0 Å². The number of methoxy groups -OCH3 is 2. The summed E-state index contributed by atoms with van der Waals surface area (Å²) in [5, 5.41) is 3.35. The molecule has 1 aliphatic heterocycles. The predicted molar refractivity (Wildman–Crippen MR) is 114 cm³/mol. The molecular formula is C25H25NO4. The normalized spacial score (nSPS) is 21.1. The number of nitrogens with one attached hydrogen (secondary N) is 1. The molecule has 5 heteroatoms. The highest BCUT2D eigenvalue weighted by Gasteiger charge is 2.41. The van der Waals surface area contributed by atoms with Gasteiger partial charge in [-0.15, -0.1) is 0 Å². The third-order valence-corrected chi connectivity index (χ3v) is 5.95. The van der Waals surface area contributed by atoms with Crippen LogP contribution in [0, 0.1) is 0 Å². The average molecular weight is 403 g/mol. The van der Waals surface area contributed by atoms with E-state index in [1.54, 1.807) is 7.11 Å². The largest absolute Gasteiger partial charge is 0.497 e. The fourth-order valence-corrected chi connectivity index (χ4v) is 4.51. The van der Waals surface area contributed by atoms with Crippen molar-refractivity contribution in [1.29, 1.82) is 0 Å². The van der Waals surface area contributed by atoms with E-state index in [2.05, 4.69) is 17.4 Å². The van der Waals surface area contributed by atoms with Crippen LogP contribution < -0.4 is 10.1 Å². The second kappa shape index (κ2) is 8.19. The van der Waals surface area contributed by atoms with Crippen LogP contribution in [0.2, 0.25) is 0 Å². The molecule has 2 aromatic carbocycles. The Morgan fingerprint density at radius 1 is 0.967 bits per heavy atom. The lowest BCUT2D eigenvalue weighted by Crippen LogP contribution is -2.36. The van der Waals surface area contributed by atoms with Crippen LogP contribution in [0.1, 0.15) is 42.7 Å². The Hall–Kier alpha value is -3.34. The zero-order valence-electron chi connectivity index (χ0n) is 17.4. The van der Waals surface area contributed by atoms with Crippen LogP contribution in [0.25, 0.3) is 0 Å². The molecule has 0 saturated carbocycles. The van der Waals surface area contributed by atoms with E-state index in [1.165, 1.54) is 7.11 Å². The van der Waals surface area contributed by atoms with Gasteiger partial charge in [-0.2, -0.15) is 0 Å². The van der Waals surface area contributed by atoms with Gasteiger partial charge in [-0.1, -0.05) is 42.5 Å². The molecule has 2 atom stereocenters. The molecule has 0 aromatic heterocycles. The molecule has 0 spiro atoms.